The fourth-order valence-corrected chi connectivity index (χ4v) is 6.02. The molecular formula is C36H33N2OPtS-. The number of pyridine rings is 1. The summed E-state index contributed by atoms with van der Waals surface area (Å²) in [4.78, 5) is 9.94. The van der Waals surface area contributed by atoms with Crippen LogP contribution < -0.4 is 0 Å². The second-order valence-electron chi connectivity index (χ2n) is 12.5. The van der Waals surface area contributed by atoms with E-state index in [0.717, 1.165) is 53.9 Å². The Bertz CT molecular complexity index is 1890. The van der Waals surface area contributed by atoms with Crippen LogP contribution in [-0.2, 0) is 31.9 Å². The van der Waals surface area contributed by atoms with Gasteiger partial charge >= 0.3 is 0 Å². The molecule has 3 nitrogen and oxygen atoms in total. The van der Waals surface area contributed by atoms with Gasteiger partial charge < -0.3 is 5.11 Å². The van der Waals surface area contributed by atoms with E-state index in [0.29, 0.717) is 0 Å². The molecule has 0 amide bonds. The molecule has 0 atom stereocenters. The average Bonchev–Trinajstić information content (AvgIpc) is 3.35. The summed E-state index contributed by atoms with van der Waals surface area (Å²) in [7, 11) is 0. The van der Waals surface area contributed by atoms with E-state index in [1.807, 2.05) is 30.5 Å². The van der Waals surface area contributed by atoms with Gasteiger partial charge in [-0.05, 0) is 45.4 Å². The summed E-state index contributed by atoms with van der Waals surface area (Å²) in [5.74, 6) is 0.241. The van der Waals surface area contributed by atoms with Crippen LogP contribution in [0.15, 0.2) is 85.1 Å². The number of hydrogen-bond donors (Lipinski definition) is 1. The Morgan fingerprint density at radius 2 is 1.34 bits per heavy atom. The molecule has 0 unspecified atom stereocenters. The zero-order valence-electron chi connectivity index (χ0n) is 24.1. The molecule has 0 radical (unpaired) electrons. The molecule has 41 heavy (non-hydrogen) atoms. The van der Waals surface area contributed by atoms with Gasteiger partial charge in [-0.3, -0.25) is 4.98 Å². The molecule has 6 aromatic rings. The van der Waals surface area contributed by atoms with E-state index in [1.165, 1.54) is 11.1 Å². The summed E-state index contributed by atoms with van der Waals surface area (Å²) >= 11 is 1.62. The van der Waals surface area contributed by atoms with E-state index in [4.69, 9.17) is 9.97 Å². The van der Waals surface area contributed by atoms with Gasteiger partial charge in [-0.15, -0.1) is 40.7 Å². The number of hydrogen-bond acceptors (Lipinski definition) is 4. The van der Waals surface area contributed by atoms with Crippen LogP contribution in [0.25, 0.3) is 53.9 Å². The van der Waals surface area contributed by atoms with Crippen LogP contribution in [0.4, 0.5) is 0 Å². The Kier molecular flexibility index (Phi) is 7.70. The number of thiazole rings is 1. The van der Waals surface area contributed by atoms with Crippen molar-refractivity contribution < 1.29 is 26.2 Å². The quantitative estimate of drug-likeness (QED) is 0.184. The van der Waals surface area contributed by atoms with Crippen LogP contribution in [0.3, 0.4) is 0 Å². The summed E-state index contributed by atoms with van der Waals surface area (Å²) in [6.45, 7) is 13.4. The first-order valence-electron chi connectivity index (χ1n) is 13.6. The van der Waals surface area contributed by atoms with Crippen molar-refractivity contribution in [2.75, 3.05) is 0 Å². The zero-order valence-corrected chi connectivity index (χ0v) is 27.2. The monoisotopic (exact) mass is 736 g/mol. The number of phenols is 1. The Hall–Kier alpha value is -3.33. The van der Waals surface area contributed by atoms with Crippen molar-refractivity contribution in [2.45, 2.75) is 52.4 Å². The van der Waals surface area contributed by atoms with Gasteiger partial charge in [0.1, 0.15) is 10.8 Å². The van der Waals surface area contributed by atoms with Crippen molar-refractivity contribution in [1.82, 2.24) is 9.97 Å². The first-order valence-corrected chi connectivity index (χ1v) is 14.5. The molecule has 0 saturated carbocycles. The maximum Gasteiger partial charge on any atom is 0.127 e. The van der Waals surface area contributed by atoms with E-state index in [2.05, 4.69) is 96.1 Å². The fourth-order valence-electron chi connectivity index (χ4n) is 4.95. The van der Waals surface area contributed by atoms with Gasteiger partial charge in [-0.2, -0.15) is 0 Å². The van der Waals surface area contributed by atoms with Crippen LogP contribution in [0.1, 0.15) is 52.7 Å². The minimum absolute atomic E-state index is 0. The van der Waals surface area contributed by atoms with E-state index < -0.39 is 0 Å². The number of aromatic hydroxyl groups is 1. The topological polar surface area (TPSA) is 46.0 Å². The molecule has 210 valence electrons. The number of fused-ring (bicyclic) bond motifs is 2. The summed E-state index contributed by atoms with van der Waals surface area (Å²) < 4.78 is 1.10. The molecule has 5 heteroatoms. The molecule has 4 aromatic carbocycles. The SMILES string of the molecule is CC(C)(C)c1cc(-c2cc3ccccc3cn2)[c-]c(-c2cc(C(C)(C)C)cc3sc(-c4ccccc4O)nc23)c1.[Pt]. The smallest absolute Gasteiger partial charge is 0.127 e. The summed E-state index contributed by atoms with van der Waals surface area (Å²) in [6, 6.07) is 30.6. The average molecular weight is 737 g/mol. The Morgan fingerprint density at radius 3 is 2.05 bits per heavy atom. The molecule has 1 N–H and O–H groups in total. The summed E-state index contributed by atoms with van der Waals surface area (Å²) in [5, 5.41) is 13.7. The van der Waals surface area contributed by atoms with Gasteiger partial charge in [0.2, 0.25) is 0 Å². The van der Waals surface area contributed by atoms with Crippen LogP contribution in [0.2, 0.25) is 0 Å². The second kappa shape index (κ2) is 10.8. The summed E-state index contributed by atoms with van der Waals surface area (Å²) in [5.41, 5.74) is 7.94. The Labute approximate surface area is 260 Å². The normalized spacial score (nSPS) is 12.0. The van der Waals surface area contributed by atoms with Crippen LogP contribution in [0, 0.1) is 6.07 Å². The Morgan fingerprint density at radius 1 is 0.707 bits per heavy atom. The predicted octanol–water partition coefficient (Wildman–Crippen LogP) is 9.94. The van der Waals surface area contributed by atoms with Gasteiger partial charge in [0.05, 0.1) is 11.1 Å². The van der Waals surface area contributed by atoms with Gasteiger partial charge in [0.25, 0.3) is 0 Å². The molecule has 2 aromatic heterocycles. The molecule has 0 fully saturated rings. The molecular weight excluding hydrogens is 704 g/mol. The number of phenolic OH excluding ortho intramolecular Hbond substituents is 1. The minimum atomic E-state index is -0.0702. The number of aromatic nitrogens is 2. The van der Waals surface area contributed by atoms with Crippen LogP contribution in [-0.4, -0.2) is 15.1 Å². The van der Waals surface area contributed by atoms with E-state index in [-0.39, 0.29) is 37.6 Å². The molecule has 0 bridgehead atoms. The molecule has 2 heterocycles. The van der Waals surface area contributed by atoms with E-state index in [1.54, 1.807) is 17.4 Å². The largest absolute Gasteiger partial charge is 0.507 e. The first-order chi connectivity index (χ1) is 19.0. The van der Waals surface area contributed by atoms with Crippen molar-refractivity contribution in [2.24, 2.45) is 0 Å². The third-order valence-corrected chi connectivity index (χ3v) is 8.46. The third kappa shape index (κ3) is 5.73. The van der Waals surface area contributed by atoms with Crippen LogP contribution >= 0.6 is 11.3 Å². The Balaban J connectivity index is 0.00000337. The minimum Gasteiger partial charge on any atom is -0.507 e. The number of nitrogens with zero attached hydrogens (tertiary/aromatic N) is 2. The summed E-state index contributed by atoms with van der Waals surface area (Å²) in [6.07, 6.45) is 1.94. The fraction of sp³-hybridized carbons (Fsp3) is 0.222. The molecule has 0 aliphatic heterocycles. The first kappa shape index (κ1) is 29.2. The third-order valence-electron chi connectivity index (χ3n) is 7.43. The van der Waals surface area contributed by atoms with Crippen molar-refractivity contribution in [3.8, 4) is 38.7 Å². The number of para-hydroxylation sites is 1. The number of rotatable bonds is 3. The van der Waals surface area contributed by atoms with Crippen molar-refractivity contribution in [3.63, 3.8) is 0 Å². The van der Waals surface area contributed by atoms with Gasteiger partial charge in [-0.1, -0.05) is 101 Å². The number of benzene rings is 4. The van der Waals surface area contributed by atoms with Crippen molar-refractivity contribution in [3.05, 3.63) is 102 Å². The maximum absolute atomic E-state index is 10.6. The van der Waals surface area contributed by atoms with Gasteiger partial charge in [0, 0.05) is 37.7 Å². The van der Waals surface area contributed by atoms with Crippen molar-refractivity contribution in [1.29, 1.82) is 0 Å². The molecule has 0 spiro atoms. The van der Waals surface area contributed by atoms with Crippen molar-refractivity contribution >= 4 is 32.3 Å². The van der Waals surface area contributed by atoms with Gasteiger partial charge in [-0.25, -0.2) is 4.98 Å². The predicted molar refractivity (Wildman–Crippen MR) is 169 cm³/mol. The molecule has 0 aliphatic carbocycles. The maximum atomic E-state index is 10.6. The van der Waals surface area contributed by atoms with Gasteiger partial charge in [0.15, 0.2) is 0 Å². The van der Waals surface area contributed by atoms with E-state index in [9.17, 15) is 5.11 Å². The molecule has 0 saturated heterocycles. The van der Waals surface area contributed by atoms with E-state index >= 15 is 0 Å². The zero-order chi connectivity index (χ0) is 28.2. The second-order valence-corrected chi connectivity index (χ2v) is 13.6. The van der Waals surface area contributed by atoms with Crippen LogP contribution in [0.5, 0.6) is 5.75 Å². The molecule has 0 aliphatic rings. The standard InChI is InChI=1S/C36H33N2OS.Pt/c1-35(2,3)26-16-24(15-25(17-26)30-18-22-11-7-8-12-23(22)21-37-30)29-19-27(36(4,5)6)20-32-33(29)38-34(40-32)28-13-9-10-14-31(28)39;/h7-14,16-21,39H,1-6H3;/q-1;. The molecule has 6 rings (SSSR count).